The smallest absolute Gasteiger partial charge is 0.325 e. The number of rotatable bonds is 7. The third-order valence-electron chi connectivity index (χ3n) is 4.11. The minimum absolute atomic E-state index is 0.0130. The van der Waals surface area contributed by atoms with Gasteiger partial charge >= 0.3 is 6.03 Å². The van der Waals surface area contributed by atoms with Gasteiger partial charge in [0, 0.05) is 0 Å². The average Bonchev–Trinajstić information content (AvgIpc) is 3.25. The van der Waals surface area contributed by atoms with Crippen LogP contribution in [-0.4, -0.2) is 40.5 Å². The Morgan fingerprint density at radius 3 is 2.65 bits per heavy atom. The molecule has 1 aliphatic rings. The first kappa shape index (κ1) is 17.7. The zero-order valence-electron chi connectivity index (χ0n) is 13.9. The lowest BCUT2D eigenvalue weighted by atomic mass is 10.1. The molecule has 8 heteroatoms. The molecule has 26 heavy (non-hydrogen) atoms. The van der Waals surface area contributed by atoms with Gasteiger partial charge in [-0.05, 0) is 17.7 Å². The van der Waals surface area contributed by atoms with Gasteiger partial charge in [-0.3, -0.25) is 14.5 Å². The van der Waals surface area contributed by atoms with E-state index >= 15 is 0 Å². The van der Waals surface area contributed by atoms with E-state index in [9.17, 15) is 19.5 Å². The van der Waals surface area contributed by atoms with Crippen molar-refractivity contribution in [3.63, 3.8) is 0 Å². The summed E-state index contributed by atoms with van der Waals surface area (Å²) in [6.45, 7) is -0.260. The molecule has 0 aliphatic carbocycles. The molecule has 2 atom stereocenters. The summed E-state index contributed by atoms with van der Waals surface area (Å²) in [4.78, 5) is 37.6. The predicted octanol–water partition coefficient (Wildman–Crippen LogP) is 0.940. The summed E-state index contributed by atoms with van der Waals surface area (Å²) in [6.07, 6.45) is 1.25. The number of carbonyl (C=O) groups excluding carboxylic acids is 3. The van der Waals surface area contributed by atoms with Crippen molar-refractivity contribution in [2.45, 2.75) is 25.0 Å². The van der Waals surface area contributed by atoms with Crippen molar-refractivity contribution >= 4 is 17.8 Å². The van der Waals surface area contributed by atoms with E-state index in [0.29, 0.717) is 5.76 Å². The number of furan rings is 1. The Bertz CT molecular complexity index is 775. The first-order valence-electron chi connectivity index (χ1n) is 8.18. The normalized spacial score (nSPS) is 17.9. The number of amides is 4. The van der Waals surface area contributed by atoms with Crippen LogP contribution < -0.4 is 10.6 Å². The average molecular weight is 357 g/mol. The molecule has 2 aromatic rings. The second-order valence-electron chi connectivity index (χ2n) is 5.92. The third kappa shape index (κ3) is 3.92. The topological polar surface area (TPSA) is 112 Å². The molecule has 0 radical (unpaired) electrons. The lowest BCUT2D eigenvalue weighted by molar-refractivity contribution is -0.131. The molecule has 136 valence electrons. The summed E-state index contributed by atoms with van der Waals surface area (Å²) < 4.78 is 5.14. The number of nitrogens with one attached hydrogen (secondary N) is 2. The molecule has 1 fully saturated rings. The van der Waals surface area contributed by atoms with Crippen molar-refractivity contribution in [1.29, 1.82) is 0 Å². The summed E-state index contributed by atoms with van der Waals surface area (Å²) in [6, 6.07) is 10.3. The number of carbonyl (C=O) groups is 3. The highest BCUT2D eigenvalue weighted by molar-refractivity contribution is 6.05. The SMILES string of the molecule is O=C(C[C@@H]1NC(=O)N(Cc2ccco2)C1=O)N[C@H](CO)c1ccccc1. The highest BCUT2D eigenvalue weighted by Crippen LogP contribution is 2.16. The maximum Gasteiger partial charge on any atom is 0.325 e. The standard InChI is InChI=1S/C18H19N3O5/c22-11-15(12-5-2-1-3-6-12)19-16(23)9-14-17(24)21(18(25)20-14)10-13-7-4-8-26-13/h1-8,14-15,22H,9-11H2,(H,19,23)(H,20,25)/t14-,15+/m0/s1. The predicted molar refractivity (Wildman–Crippen MR) is 90.6 cm³/mol. The summed E-state index contributed by atoms with van der Waals surface area (Å²) >= 11 is 0. The van der Waals surface area contributed by atoms with Crippen molar-refractivity contribution < 1.29 is 23.9 Å². The highest BCUT2D eigenvalue weighted by Gasteiger charge is 2.39. The molecular formula is C18H19N3O5. The molecule has 3 rings (SSSR count). The number of nitrogens with zero attached hydrogens (tertiary/aromatic N) is 1. The highest BCUT2D eigenvalue weighted by atomic mass is 16.3. The van der Waals surface area contributed by atoms with Gasteiger partial charge in [-0.25, -0.2) is 4.79 Å². The molecule has 2 heterocycles. The molecule has 3 N–H and O–H groups in total. The first-order chi connectivity index (χ1) is 12.6. The van der Waals surface area contributed by atoms with E-state index in [1.54, 1.807) is 36.4 Å². The summed E-state index contributed by atoms with van der Waals surface area (Å²) in [5, 5.41) is 14.7. The summed E-state index contributed by atoms with van der Waals surface area (Å²) in [5.41, 5.74) is 0.754. The zero-order valence-corrected chi connectivity index (χ0v) is 13.9. The fourth-order valence-electron chi connectivity index (χ4n) is 2.78. The molecular weight excluding hydrogens is 338 g/mol. The van der Waals surface area contributed by atoms with Crippen molar-refractivity contribution in [3.8, 4) is 0 Å². The summed E-state index contributed by atoms with van der Waals surface area (Å²) in [7, 11) is 0. The van der Waals surface area contributed by atoms with E-state index in [4.69, 9.17) is 4.42 Å². The first-order valence-corrected chi connectivity index (χ1v) is 8.18. The molecule has 8 nitrogen and oxygen atoms in total. The van der Waals surface area contributed by atoms with E-state index in [1.807, 2.05) is 6.07 Å². The van der Waals surface area contributed by atoms with Gasteiger partial charge in [-0.2, -0.15) is 0 Å². The van der Waals surface area contributed by atoms with E-state index in [0.717, 1.165) is 10.5 Å². The number of hydrogen-bond donors (Lipinski definition) is 3. The molecule has 0 spiro atoms. The molecule has 1 aromatic heterocycles. The monoisotopic (exact) mass is 357 g/mol. The number of benzene rings is 1. The molecule has 0 bridgehead atoms. The maximum absolute atomic E-state index is 12.4. The van der Waals surface area contributed by atoms with Crippen LogP contribution >= 0.6 is 0 Å². The summed E-state index contributed by atoms with van der Waals surface area (Å²) in [5.74, 6) is -0.448. The van der Waals surface area contributed by atoms with Gasteiger partial charge in [-0.15, -0.1) is 0 Å². The lowest BCUT2D eigenvalue weighted by Gasteiger charge is -2.17. The Labute approximate surface area is 149 Å². The number of imide groups is 1. The Morgan fingerprint density at radius 2 is 2.00 bits per heavy atom. The van der Waals surface area contributed by atoms with Crippen molar-refractivity contribution in [3.05, 3.63) is 60.1 Å². The van der Waals surface area contributed by atoms with Crippen LogP contribution in [0.15, 0.2) is 53.1 Å². The number of hydrogen-bond acceptors (Lipinski definition) is 5. The second-order valence-corrected chi connectivity index (χ2v) is 5.92. The van der Waals surface area contributed by atoms with E-state index < -0.39 is 29.9 Å². The van der Waals surface area contributed by atoms with Gasteiger partial charge < -0.3 is 20.2 Å². The van der Waals surface area contributed by atoms with Crippen LogP contribution in [0.2, 0.25) is 0 Å². The van der Waals surface area contributed by atoms with Crippen molar-refractivity contribution in [2.24, 2.45) is 0 Å². The van der Waals surface area contributed by atoms with Crippen LogP contribution in [0, 0.1) is 0 Å². The Morgan fingerprint density at radius 1 is 1.23 bits per heavy atom. The fraction of sp³-hybridized carbons (Fsp3) is 0.278. The van der Waals surface area contributed by atoms with Crippen LogP contribution in [-0.2, 0) is 16.1 Å². The Hall–Kier alpha value is -3.13. The third-order valence-corrected chi connectivity index (χ3v) is 4.11. The molecule has 1 aromatic carbocycles. The van der Waals surface area contributed by atoms with Crippen molar-refractivity contribution in [1.82, 2.24) is 15.5 Å². The minimum atomic E-state index is -0.937. The second kappa shape index (κ2) is 7.83. The van der Waals surface area contributed by atoms with Crippen LogP contribution in [0.1, 0.15) is 23.8 Å². The maximum atomic E-state index is 12.4. The molecule has 0 saturated carbocycles. The Kier molecular flexibility index (Phi) is 5.33. The van der Waals surface area contributed by atoms with E-state index in [1.165, 1.54) is 6.26 Å². The molecule has 0 unspecified atom stereocenters. The van der Waals surface area contributed by atoms with Crippen LogP contribution in [0.25, 0.3) is 0 Å². The van der Waals surface area contributed by atoms with Crippen LogP contribution in [0.3, 0.4) is 0 Å². The molecule has 1 aliphatic heterocycles. The van der Waals surface area contributed by atoms with Gasteiger partial charge in [-0.1, -0.05) is 30.3 Å². The van der Waals surface area contributed by atoms with Crippen LogP contribution in [0.5, 0.6) is 0 Å². The lowest BCUT2D eigenvalue weighted by Crippen LogP contribution is -2.38. The van der Waals surface area contributed by atoms with Gasteiger partial charge in [0.15, 0.2) is 0 Å². The van der Waals surface area contributed by atoms with Gasteiger partial charge in [0.25, 0.3) is 5.91 Å². The van der Waals surface area contributed by atoms with Gasteiger partial charge in [0.05, 0.1) is 31.9 Å². The quantitative estimate of drug-likeness (QED) is 0.639. The number of aliphatic hydroxyl groups is 1. The molecule has 4 amide bonds. The molecule has 1 saturated heterocycles. The van der Waals surface area contributed by atoms with Gasteiger partial charge in [0.2, 0.25) is 5.91 Å². The zero-order chi connectivity index (χ0) is 18.5. The van der Waals surface area contributed by atoms with E-state index in [-0.39, 0.29) is 19.6 Å². The Balaban J connectivity index is 1.59. The van der Waals surface area contributed by atoms with E-state index in [2.05, 4.69) is 10.6 Å². The minimum Gasteiger partial charge on any atom is -0.467 e. The largest absolute Gasteiger partial charge is 0.467 e. The van der Waals surface area contributed by atoms with Gasteiger partial charge in [0.1, 0.15) is 11.8 Å². The van der Waals surface area contributed by atoms with Crippen molar-refractivity contribution in [2.75, 3.05) is 6.61 Å². The number of aliphatic hydroxyl groups excluding tert-OH is 1. The fourth-order valence-corrected chi connectivity index (χ4v) is 2.78. The number of urea groups is 1. The van der Waals surface area contributed by atoms with Crippen LogP contribution in [0.4, 0.5) is 4.79 Å².